The number of nitriles is 1. The molecule has 0 aliphatic rings. The Bertz CT molecular complexity index is 80.0. The van der Waals surface area contributed by atoms with Crippen LogP contribution in [0.5, 0.6) is 0 Å². The fourth-order valence-electron chi connectivity index (χ4n) is 0.0972. The highest BCUT2D eigenvalue weighted by Crippen LogP contribution is 1.78. The first kappa shape index (κ1) is 5.71. The van der Waals surface area contributed by atoms with Crippen molar-refractivity contribution in [3.8, 4) is 6.07 Å². The van der Waals surface area contributed by atoms with Crippen LogP contribution in [0.2, 0.25) is 0 Å². The van der Waals surface area contributed by atoms with Crippen molar-refractivity contribution in [1.29, 1.82) is 5.26 Å². The summed E-state index contributed by atoms with van der Waals surface area (Å²) in [7, 11) is 0. The van der Waals surface area contributed by atoms with Crippen LogP contribution < -0.4 is 0 Å². The topological polar surface area (TPSA) is 23.8 Å². The molecule has 0 bridgehead atoms. The van der Waals surface area contributed by atoms with Crippen molar-refractivity contribution in [1.82, 2.24) is 0 Å². The predicted molar refractivity (Wildman–Crippen MR) is 28.5 cm³/mol. The van der Waals surface area contributed by atoms with Crippen LogP contribution in [-0.2, 0) is 0 Å². The summed E-state index contributed by atoms with van der Waals surface area (Å²) in [4.78, 5) is 0. The van der Waals surface area contributed by atoms with Gasteiger partial charge in [-0.25, -0.2) is 0 Å². The van der Waals surface area contributed by atoms with Crippen molar-refractivity contribution < 1.29 is 0 Å². The minimum atomic E-state index is 0.764. The van der Waals surface area contributed by atoms with Crippen molar-refractivity contribution in [2.45, 2.75) is 0 Å². The van der Waals surface area contributed by atoms with E-state index in [1.807, 2.05) is 6.07 Å². The molecule has 6 heavy (non-hydrogen) atoms. The first-order valence-corrected chi connectivity index (χ1v) is 2.64. The average Bonchev–Trinajstić information content (AvgIpc) is 1.61. The van der Waals surface area contributed by atoms with E-state index in [0.29, 0.717) is 0 Å². The van der Waals surface area contributed by atoms with E-state index in [2.05, 4.69) is 15.9 Å². The number of halogens is 1. The van der Waals surface area contributed by atoms with E-state index in [0.717, 1.165) is 5.33 Å². The Kier molecular flexibility index (Phi) is 4.48. The van der Waals surface area contributed by atoms with Gasteiger partial charge < -0.3 is 0 Å². The van der Waals surface area contributed by atoms with Gasteiger partial charge in [0.2, 0.25) is 0 Å². The average molecular weight is 146 g/mol. The van der Waals surface area contributed by atoms with Gasteiger partial charge in [-0.15, -0.1) is 0 Å². The normalized spacial score (nSPS) is 8.67. The van der Waals surface area contributed by atoms with Crippen molar-refractivity contribution >= 4 is 15.9 Å². The quantitative estimate of drug-likeness (QED) is 0.405. The summed E-state index contributed by atoms with van der Waals surface area (Å²) < 4.78 is 0. The largest absolute Gasteiger partial charge is 0.193 e. The fourth-order valence-corrected chi connectivity index (χ4v) is 0.284. The van der Waals surface area contributed by atoms with E-state index in [1.54, 1.807) is 6.08 Å². The third-order valence-corrected chi connectivity index (χ3v) is 0.655. The summed E-state index contributed by atoms with van der Waals surface area (Å²) in [5.74, 6) is 0. The Morgan fingerprint density at radius 3 is 2.67 bits per heavy atom. The van der Waals surface area contributed by atoms with Gasteiger partial charge in [-0.05, 0) is 0 Å². The minimum Gasteiger partial charge on any atom is -0.193 e. The van der Waals surface area contributed by atoms with Crippen LogP contribution in [0.25, 0.3) is 0 Å². The number of hydrogen-bond acceptors (Lipinski definition) is 1. The molecule has 32 valence electrons. The highest BCUT2D eigenvalue weighted by Gasteiger charge is 1.59. The Labute approximate surface area is 45.4 Å². The van der Waals surface area contributed by atoms with E-state index >= 15 is 0 Å². The van der Waals surface area contributed by atoms with Gasteiger partial charge in [0.1, 0.15) is 0 Å². The number of nitrogens with zero attached hydrogens (tertiary/aromatic N) is 1. The first-order valence-electron chi connectivity index (χ1n) is 1.52. The van der Waals surface area contributed by atoms with Crippen molar-refractivity contribution in [2.24, 2.45) is 0 Å². The highest BCUT2D eigenvalue weighted by atomic mass is 79.9. The third-order valence-electron chi connectivity index (χ3n) is 0.281. The second kappa shape index (κ2) is 4.71. The maximum atomic E-state index is 7.84. The molecule has 1 nitrogen and oxygen atoms in total. The Morgan fingerprint density at radius 1 is 1.83 bits per heavy atom. The van der Waals surface area contributed by atoms with Gasteiger partial charge in [0.25, 0.3) is 0 Å². The molecule has 0 fully saturated rings. The lowest BCUT2D eigenvalue weighted by Crippen LogP contribution is -1.52. The van der Waals surface area contributed by atoms with E-state index in [4.69, 9.17) is 5.26 Å². The van der Waals surface area contributed by atoms with Crippen molar-refractivity contribution in [2.75, 3.05) is 5.33 Å². The molecule has 0 unspecified atom stereocenters. The molecule has 0 aliphatic heterocycles. The van der Waals surface area contributed by atoms with Crippen LogP contribution in [-0.4, -0.2) is 5.33 Å². The SMILES string of the molecule is N#CC=CCBr. The first-order chi connectivity index (χ1) is 2.91. The third kappa shape index (κ3) is 3.71. The Morgan fingerprint density at radius 2 is 2.50 bits per heavy atom. The molecule has 0 atom stereocenters. The molecule has 0 rings (SSSR count). The standard InChI is InChI=1S/C4H4BrN/c5-3-1-2-4-6/h1-2H,3H2. The lowest BCUT2D eigenvalue weighted by atomic mass is 10.6. The molecule has 0 aromatic heterocycles. The zero-order valence-electron chi connectivity index (χ0n) is 3.19. The second-order valence-electron chi connectivity index (χ2n) is 0.686. The molecule has 0 aromatic carbocycles. The lowest BCUT2D eigenvalue weighted by molar-refractivity contribution is 1.53. The summed E-state index contributed by atoms with van der Waals surface area (Å²) in [6.45, 7) is 0. The van der Waals surface area contributed by atoms with Crippen LogP contribution in [0, 0.1) is 11.3 Å². The number of rotatable bonds is 1. The zero-order chi connectivity index (χ0) is 4.83. The smallest absolute Gasteiger partial charge is 0.0908 e. The minimum absolute atomic E-state index is 0.764. The molecule has 0 saturated heterocycles. The molecule has 2 heteroatoms. The molecule has 0 saturated carbocycles. The van der Waals surface area contributed by atoms with Gasteiger partial charge in [0, 0.05) is 11.4 Å². The summed E-state index contributed by atoms with van der Waals surface area (Å²) in [5, 5.41) is 8.60. The summed E-state index contributed by atoms with van der Waals surface area (Å²) in [6.07, 6.45) is 3.18. The predicted octanol–water partition coefficient (Wildman–Crippen LogP) is 1.46. The molecular formula is C4H4BrN. The molecule has 0 heterocycles. The van der Waals surface area contributed by atoms with Crippen molar-refractivity contribution in [3.63, 3.8) is 0 Å². The van der Waals surface area contributed by atoms with Crippen LogP contribution in [0.4, 0.5) is 0 Å². The maximum Gasteiger partial charge on any atom is 0.0908 e. The monoisotopic (exact) mass is 145 g/mol. The van der Waals surface area contributed by atoms with Crippen LogP contribution in [0.3, 0.4) is 0 Å². The van der Waals surface area contributed by atoms with E-state index < -0.39 is 0 Å². The molecule has 0 aromatic rings. The fraction of sp³-hybridized carbons (Fsp3) is 0.250. The molecule has 0 N–H and O–H groups in total. The van der Waals surface area contributed by atoms with Gasteiger partial charge in [-0.1, -0.05) is 22.0 Å². The lowest BCUT2D eigenvalue weighted by Gasteiger charge is -1.61. The molecule has 0 amide bonds. The van der Waals surface area contributed by atoms with Crippen LogP contribution in [0.1, 0.15) is 0 Å². The van der Waals surface area contributed by atoms with Crippen LogP contribution in [0.15, 0.2) is 12.2 Å². The summed E-state index contributed by atoms with van der Waals surface area (Å²) in [6, 6.07) is 1.86. The number of hydrogen-bond donors (Lipinski definition) is 0. The van der Waals surface area contributed by atoms with Gasteiger partial charge in [-0.3, -0.25) is 0 Å². The van der Waals surface area contributed by atoms with Gasteiger partial charge in [-0.2, -0.15) is 5.26 Å². The highest BCUT2D eigenvalue weighted by molar-refractivity contribution is 9.09. The van der Waals surface area contributed by atoms with E-state index in [-0.39, 0.29) is 0 Å². The van der Waals surface area contributed by atoms with Gasteiger partial charge >= 0.3 is 0 Å². The molecular weight excluding hydrogens is 142 g/mol. The summed E-state index contributed by atoms with van der Waals surface area (Å²) >= 11 is 3.11. The number of allylic oxidation sites excluding steroid dienone is 2. The Hall–Kier alpha value is -0.290. The maximum absolute atomic E-state index is 7.84. The Balaban J connectivity index is 3.02. The van der Waals surface area contributed by atoms with E-state index in [1.165, 1.54) is 6.08 Å². The van der Waals surface area contributed by atoms with Crippen molar-refractivity contribution in [3.05, 3.63) is 12.2 Å². The second-order valence-corrected chi connectivity index (χ2v) is 1.33. The van der Waals surface area contributed by atoms with Crippen LogP contribution >= 0.6 is 15.9 Å². The molecule has 0 aliphatic carbocycles. The molecule has 0 spiro atoms. The number of alkyl halides is 1. The zero-order valence-corrected chi connectivity index (χ0v) is 4.77. The van der Waals surface area contributed by atoms with Gasteiger partial charge in [0.15, 0.2) is 0 Å². The van der Waals surface area contributed by atoms with E-state index in [9.17, 15) is 0 Å². The van der Waals surface area contributed by atoms with Gasteiger partial charge in [0.05, 0.1) is 6.07 Å². The molecule has 0 radical (unpaired) electrons. The summed E-state index contributed by atoms with van der Waals surface area (Å²) in [5.41, 5.74) is 0.